The number of rotatable bonds is 7. The van der Waals surface area contributed by atoms with Crippen LogP contribution in [0.1, 0.15) is 38.2 Å². The second-order valence-electron chi connectivity index (χ2n) is 4.76. The van der Waals surface area contributed by atoms with Crippen LogP contribution in [-0.4, -0.2) is 19.8 Å². The number of nitrogens with two attached hydrogens (primary N) is 1. The zero-order chi connectivity index (χ0) is 12.7. The molecule has 3 unspecified atom stereocenters. The van der Waals surface area contributed by atoms with Crippen LogP contribution < -0.4 is 5.73 Å². The Hall–Kier alpha value is -0.860. The van der Waals surface area contributed by atoms with E-state index in [1.54, 1.807) is 7.11 Å². The zero-order valence-corrected chi connectivity index (χ0v) is 11.2. The number of benzene rings is 1. The van der Waals surface area contributed by atoms with Gasteiger partial charge in [-0.15, -0.1) is 0 Å². The van der Waals surface area contributed by atoms with Gasteiger partial charge in [0, 0.05) is 19.8 Å². The van der Waals surface area contributed by atoms with E-state index in [9.17, 15) is 0 Å². The molecule has 0 saturated heterocycles. The standard InChI is InChI=1S/C15H25NO/c1-4-14(13-8-6-5-7-9-13)15(16)12(2)10-11-17-3/h5-9,12,14-15H,4,10-11,16H2,1-3H3. The first kappa shape index (κ1) is 14.2. The number of hydrogen-bond acceptors (Lipinski definition) is 2. The highest BCUT2D eigenvalue weighted by atomic mass is 16.5. The van der Waals surface area contributed by atoms with Gasteiger partial charge >= 0.3 is 0 Å². The number of methoxy groups -OCH3 is 1. The Morgan fingerprint density at radius 3 is 2.41 bits per heavy atom. The van der Waals surface area contributed by atoms with Gasteiger partial charge in [0.25, 0.3) is 0 Å². The van der Waals surface area contributed by atoms with Gasteiger partial charge in [0.15, 0.2) is 0 Å². The zero-order valence-electron chi connectivity index (χ0n) is 11.2. The van der Waals surface area contributed by atoms with Gasteiger partial charge in [-0.1, -0.05) is 44.2 Å². The first-order valence-electron chi connectivity index (χ1n) is 6.50. The predicted octanol–water partition coefficient (Wildman–Crippen LogP) is 3.18. The maximum atomic E-state index is 6.39. The minimum atomic E-state index is 0.206. The molecule has 0 heterocycles. The van der Waals surface area contributed by atoms with Crippen LogP contribution in [-0.2, 0) is 4.74 Å². The highest BCUT2D eigenvalue weighted by molar-refractivity contribution is 5.21. The molecule has 0 aliphatic heterocycles. The summed E-state index contributed by atoms with van der Waals surface area (Å²) >= 11 is 0. The summed E-state index contributed by atoms with van der Waals surface area (Å²) in [5, 5.41) is 0. The average Bonchev–Trinajstić information content (AvgIpc) is 2.38. The van der Waals surface area contributed by atoms with Gasteiger partial charge in [-0.05, 0) is 30.2 Å². The van der Waals surface area contributed by atoms with E-state index >= 15 is 0 Å². The van der Waals surface area contributed by atoms with Crippen molar-refractivity contribution < 1.29 is 4.74 Å². The normalized spacial score (nSPS) is 16.5. The monoisotopic (exact) mass is 235 g/mol. The summed E-state index contributed by atoms with van der Waals surface area (Å²) in [5.41, 5.74) is 7.74. The minimum absolute atomic E-state index is 0.206. The molecule has 2 N–H and O–H groups in total. The van der Waals surface area contributed by atoms with Gasteiger partial charge in [-0.25, -0.2) is 0 Å². The summed E-state index contributed by atoms with van der Waals surface area (Å²) < 4.78 is 5.13. The fourth-order valence-corrected chi connectivity index (χ4v) is 2.32. The molecule has 96 valence electrons. The van der Waals surface area contributed by atoms with Crippen LogP contribution in [0.25, 0.3) is 0 Å². The van der Waals surface area contributed by atoms with Crippen LogP contribution in [0.2, 0.25) is 0 Å². The van der Waals surface area contributed by atoms with Crippen LogP contribution in [0.5, 0.6) is 0 Å². The summed E-state index contributed by atoms with van der Waals surface area (Å²) in [6.45, 7) is 5.22. The Bertz CT molecular complexity index is 299. The summed E-state index contributed by atoms with van der Waals surface area (Å²) in [6, 6.07) is 10.8. The summed E-state index contributed by atoms with van der Waals surface area (Å²) in [7, 11) is 1.74. The molecule has 2 nitrogen and oxygen atoms in total. The van der Waals surface area contributed by atoms with Crippen LogP contribution in [0.3, 0.4) is 0 Å². The Labute approximate surface area is 105 Å². The average molecular weight is 235 g/mol. The lowest BCUT2D eigenvalue weighted by atomic mass is 9.82. The second kappa shape index (κ2) is 7.46. The van der Waals surface area contributed by atoms with E-state index in [1.165, 1.54) is 5.56 Å². The van der Waals surface area contributed by atoms with Gasteiger partial charge in [-0.2, -0.15) is 0 Å². The summed E-state index contributed by atoms with van der Waals surface area (Å²) in [5.74, 6) is 0.933. The van der Waals surface area contributed by atoms with E-state index in [0.717, 1.165) is 19.4 Å². The highest BCUT2D eigenvalue weighted by Crippen LogP contribution is 2.27. The molecule has 2 heteroatoms. The van der Waals surface area contributed by atoms with Crippen molar-refractivity contribution in [3.63, 3.8) is 0 Å². The number of hydrogen-bond donors (Lipinski definition) is 1. The molecule has 0 bridgehead atoms. The Kier molecular flexibility index (Phi) is 6.23. The second-order valence-corrected chi connectivity index (χ2v) is 4.76. The van der Waals surface area contributed by atoms with Crippen molar-refractivity contribution in [3.8, 4) is 0 Å². The fourth-order valence-electron chi connectivity index (χ4n) is 2.32. The first-order valence-corrected chi connectivity index (χ1v) is 6.50. The van der Waals surface area contributed by atoms with E-state index in [0.29, 0.717) is 11.8 Å². The van der Waals surface area contributed by atoms with Crippen molar-refractivity contribution in [2.45, 2.75) is 38.6 Å². The van der Waals surface area contributed by atoms with Gasteiger partial charge in [-0.3, -0.25) is 0 Å². The van der Waals surface area contributed by atoms with Crippen LogP contribution in [0, 0.1) is 5.92 Å². The summed E-state index contributed by atoms with van der Waals surface area (Å²) in [6.07, 6.45) is 2.11. The molecule has 0 spiro atoms. The largest absolute Gasteiger partial charge is 0.385 e. The van der Waals surface area contributed by atoms with Crippen molar-refractivity contribution in [2.24, 2.45) is 11.7 Å². The van der Waals surface area contributed by atoms with Gasteiger partial charge in [0.2, 0.25) is 0 Å². The maximum Gasteiger partial charge on any atom is 0.0465 e. The van der Waals surface area contributed by atoms with E-state index < -0.39 is 0 Å². The molecule has 17 heavy (non-hydrogen) atoms. The lowest BCUT2D eigenvalue weighted by Crippen LogP contribution is -2.35. The molecule has 1 rings (SSSR count). The quantitative estimate of drug-likeness (QED) is 0.788. The van der Waals surface area contributed by atoms with E-state index in [2.05, 4.69) is 44.2 Å². The van der Waals surface area contributed by atoms with E-state index in [1.807, 2.05) is 0 Å². The van der Waals surface area contributed by atoms with Crippen LogP contribution in [0.4, 0.5) is 0 Å². The Morgan fingerprint density at radius 1 is 1.24 bits per heavy atom. The molecular formula is C15H25NO. The molecule has 0 amide bonds. The van der Waals surface area contributed by atoms with Crippen LogP contribution in [0.15, 0.2) is 30.3 Å². The van der Waals surface area contributed by atoms with Gasteiger partial charge in [0.1, 0.15) is 0 Å². The van der Waals surface area contributed by atoms with Crippen molar-refractivity contribution in [2.75, 3.05) is 13.7 Å². The van der Waals surface area contributed by atoms with E-state index in [-0.39, 0.29) is 6.04 Å². The molecule has 0 radical (unpaired) electrons. The Balaban J connectivity index is 2.67. The SMILES string of the molecule is CCC(c1ccccc1)C(N)C(C)CCOC. The van der Waals surface area contributed by atoms with E-state index in [4.69, 9.17) is 10.5 Å². The fraction of sp³-hybridized carbons (Fsp3) is 0.600. The summed E-state index contributed by atoms with van der Waals surface area (Å²) in [4.78, 5) is 0. The lowest BCUT2D eigenvalue weighted by Gasteiger charge is -2.28. The number of ether oxygens (including phenoxy) is 1. The molecule has 0 aliphatic rings. The Morgan fingerprint density at radius 2 is 1.88 bits per heavy atom. The molecular weight excluding hydrogens is 210 g/mol. The molecule has 3 atom stereocenters. The molecule has 0 saturated carbocycles. The lowest BCUT2D eigenvalue weighted by molar-refractivity contribution is 0.171. The third-order valence-corrected chi connectivity index (χ3v) is 3.57. The first-order chi connectivity index (χ1) is 8.20. The van der Waals surface area contributed by atoms with Crippen molar-refractivity contribution in [3.05, 3.63) is 35.9 Å². The molecule has 1 aromatic rings. The molecule has 0 fully saturated rings. The third kappa shape index (κ3) is 4.14. The molecule has 1 aromatic carbocycles. The topological polar surface area (TPSA) is 35.2 Å². The maximum absolute atomic E-state index is 6.39. The smallest absolute Gasteiger partial charge is 0.0465 e. The van der Waals surface area contributed by atoms with Crippen molar-refractivity contribution in [1.82, 2.24) is 0 Å². The molecule has 0 aliphatic carbocycles. The van der Waals surface area contributed by atoms with Gasteiger partial charge < -0.3 is 10.5 Å². The van der Waals surface area contributed by atoms with Gasteiger partial charge in [0.05, 0.1) is 0 Å². The highest BCUT2D eigenvalue weighted by Gasteiger charge is 2.22. The van der Waals surface area contributed by atoms with Crippen molar-refractivity contribution in [1.29, 1.82) is 0 Å². The molecule has 0 aromatic heterocycles. The van der Waals surface area contributed by atoms with Crippen LogP contribution >= 0.6 is 0 Å². The van der Waals surface area contributed by atoms with Crippen molar-refractivity contribution >= 4 is 0 Å². The minimum Gasteiger partial charge on any atom is -0.385 e. The third-order valence-electron chi connectivity index (χ3n) is 3.57. The predicted molar refractivity (Wildman–Crippen MR) is 73.1 cm³/mol.